The maximum absolute atomic E-state index is 12.3. The third-order valence-corrected chi connectivity index (χ3v) is 4.65. The number of fused-ring (bicyclic) bond motifs is 1. The number of phenols is 1. The first-order valence-corrected chi connectivity index (χ1v) is 9.97. The van der Waals surface area contributed by atoms with Gasteiger partial charge in [-0.15, -0.1) is 0 Å². The lowest BCUT2D eigenvalue weighted by Crippen LogP contribution is -2.45. The number of aromatic amines is 1. The lowest BCUT2D eigenvalue weighted by Gasteiger charge is -2.14. The Morgan fingerprint density at radius 2 is 1.76 bits per heavy atom. The third kappa shape index (κ3) is 7.48. The normalized spacial score (nSPS) is 11.8. The van der Waals surface area contributed by atoms with Gasteiger partial charge in [-0.3, -0.25) is 14.4 Å². The number of nitrogens with one attached hydrogen (secondary N) is 4. The highest BCUT2D eigenvalue weighted by Gasteiger charge is 2.16. The second kappa shape index (κ2) is 11.1. The standard InChI is InChI=1S/C21H30N4O4/c1-14(21(29)23-10-6-4-3-5-9-22-15(2)26)25-20(28)11-16-13-24-19-8-7-17(27)12-18(16)19/h7-8,12-14,24,27H,3-6,9-11H2,1-2H3,(H,22,26)(H,23,29)(H,25,28)/t14-/m0/s1. The molecule has 0 bridgehead atoms. The van der Waals surface area contributed by atoms with Crippen LogP contribution in [0.3, 0.4) is 0 Å². The molecule has 29 heavy (non-hydrogen) atoms. The van der Waals surface area contributed by atoms with Gasteiger partial charge in [-0.2, -0.15) is 0 Å². The summed E-state index contributed by atoms with van der Waals surface area (Å²) >= 11 is 0. The van der Waals surface area contributed by atoms with Crippen molar-refractivity contribution in [1.29, 1.82) is 0 Å². The summed E-state index contributed by atoms with van der Waals surface area (Å²) in [6, 6.07) is 4.32. The molecule has 1 aromatic heterocycles. The van der Waals surface area contributed by atoms with E-state index in [0.29, 0.717) is 13.1 Å². The molecule has 8 nitrogen and oxygen atoms in total. The number of phenolic OH excluding ortho intramolecular Hbond substituents is 1. The van der Waals surface area contributed by atoms with E-state index >= 15 is 0 Å². The number of amides is 3. The molecule has 0 saturated heterocycles. The zero-order valence-corrected chi connectivity index (χ0v) is 17.0. The first kappa shape index (κ1) is 22.3. The van der Waals surface area contributed by atoms with Gasteiger partial charge in [0, 0.05) is 37.1 Å². The molecule has 0 aliphatic carbocycles. The molecule has 0 spiro atoms. The predicted octanol–water partition coefficient (Wildman–Crippen LogP) is 1.73. The maximum atomic E-state index is 12.3. The summed E-state index contributed by atoms with van der Waals surface area (Å²) in [4.78, 5) is 38.2. The molecule has 0 radical (unpaired) electrons. The lowest BCUT2D eigenvalue weighted by molar-refractivity contribution is -0.128. The summed E-state index contributed by atoms with van der Waals surface area (Å²) < 4.78 is 0. The van der Waals surface area contributed by atoms with E-state index < -0.39 is 6.04 Å². The molecule has 0 saturated carbocycles. The van der Waals surface area contributed by atoms with Crippen LogP contribution < -0.4 is 16.0 Å². The highest BCUT2D eigenvalue weighted by molar-refractivity contribution is 5.92. The van der Waals surface area contributed by atoms with Crippen LogP contribution >= 0.6 is 0 Å². The summed E-state index contributed by atoms with van der Waals surface area (Å²) in [5, 5.41) is 18.7. The molecule has 0 unspecified atom stereocenters. The van der Waals surface area contributed by atoms with Crippen LogP contribution in [0.2, 0.25) is 0 Å². The second-order valence-electron chi connectivity index (χ2n) is 7.20. The van der Waals surface area contributed by atoms with Crippen molar-refractivity contribution in [1.82, 2.24) is 20.9 Å². The van der Waals surface area contributed by atoms with Crippen molar-refractivity contribution in [2.75, 3.05) is 13.1 Å². The molecule has 3 amide bonds. The summed E-state index contributed by atoms with van der Waals surface area (Å²) in [5.74, 6) is -0.346. The van der Waals surface area contributed by atoms with Crippen LogP contribution in [0.25, 0.3) is 10.9 Å². The first-order valence-electron chi connectivity index (χ1n) is 9.97. The van der Waals surface area contributed by atoms with Crippen molar-refractivity contribution in [2.45, 2.75) is 52.0 Å². The molecule has 2 aromatic rings. The van der Waals surface area contributed by atoms with Crippen molar-refractivity contribution in [2.24, 2.45) is 0 Å². The SMILES string of the molecule is CC(=O)NCCCCCCNC(=O)[C@H](C)NC(=O)Cc1c[nH]c2ccc(O)cc12. The molecule has 1 heterocycles. The Morgan fingerprint density at radius 3 is 2.45 bits per heavy atom. The average molecular weight is 402 g/mol. The van der Waals surface area contributed by atoms with E-state index in [9.17, 15) is 19.5 Å². The number of hydrogen-bond donors (Lipinski definition) is 5. The van der Waals surface area contributed by atoms with Gasteiger partial charge in [-0.25, -0.2) is 0 Å². The van der Waals surface area contributed by atoms with E-state index in [1.165, 1.54) is 6.92 Å². The van der Waals surface area contributed by atoms with E-state index in [-0.39, 0.29) is 29.9 Å². The van der Waals surface area contributed by atoms with Crippen molar-refractivity contribution in [3.05, 3.63) is 30.0 Å². The van der Waals surface area contributed by atoms with Crippen LogP contribution in [0.4, 0.5) is 0 Å². The van der Waals surface area contributed by atoms with Gasteiger partial charge in [0.05, 0.1) is 6.42 Å². The Balaban J connectivity index is 1.66. The molecule has 1 aromatic carbocycles. The Morgan fingerprint density at radius 1 is 1.07 bits per heavy atom. The Hall–Kier alpha value is -3.03. The van der Waals surface area contributed by atoms with Crippen LogP contribution in [0.15, 0.2) is 24.4 Å². The topological polar surface area (TPSA) is 123 Å². The number of carbonyl (C=O) groups excluding carboxylic acids is 3. The summed E-state index contributed by atoms with van der Waals surface area (Å²) in [7, 11) is 0. The number of H-pyrrole nitrogens is 1. The number of benzene rings is 1. The monoisotopic (exact) mass is 402 g/mol. The molecule has 8 heteroatoms. The highest BCUT2D eigenvalue weighted by atomic mass is 16.3. The molecule has 158 valence electrons. The van der Waals surface area contributed by atoms with Crippen LogP contribution in [-0.4, -0.2) is 46.9 Å². The minimum absolute atomic E-state index is 0.0175. The number of aromatic hydroxyl groups is 1. The lowest BCUT2D eigenvalue weighted by atomic mass is 10.1. The molecule has 0 aliphatic rings. The van der Waals surface area contributed by atoms with Crippen LogP contribution in [-0.2, 0) is 20.8 Å². The molecular weight excluding hydrogens is 372 g/mol. The molecule has 2 rings (SSSR count). The number of rotatable bonds is 11. The van der Waals surface area contributed by atoms with Crippen LogP contribution in [0.5, 0.6) is 5.75 Å². The Labute approximate surface area is 170 Å². The fourth-order valence-corrected chi connectivity index (χ4v) is 3.08. The van der Waals surface area contributed by atoms with Crippen LogP contribution in [0, 0.1) is 0 Å². The van der Waals surface area contributed by atoms with Crippen molar-refractivity contribution < 1.29 is 19.5 Å². The smallest absolute Gasteiger partial charge is 0.242 e. The Kier molecular flexibility index (Phi) is 8.51. The van der Waals surface area contributed by atoms with Gasteiger partial charge in [0.2, 0.25) is 17.7 Å². The van der Waals surface area contributed by atoms with E-state index in [2.05, 4.69) is 20.9 Å². The van der Waals surface area contributed by atoms with Crippen LogP contribution in [0.1, 0.15) is 45.1 Å². The molecule has 1 atom stereocenters. The Bertz CT molecular complexity index is 846. The minimum Gasteiger partial charge on any atom is -0.508 e. The second-order valence-corrected chi connectivity index (χ2v) is 7.20. The van der Waals surface area contributed by atoms with Gasteiger partial charge >= 0.3 is 0 Å². The third-order valence-electron chi connectivity index (χ3n) is 4.65. The molecule has 0 fully saturated rings. The predicted molar refractivity (Wildman–Crippen MR) is 111 cm³/mol. The van der Waals surface area contributed by atoms with Gasteiger partial charge in [0.25, 0.3) is 0 Å². The summed E-state index contributed by atoms with van der Waals surface area (Å²) in [6.07, 6.45) is 5.59. The quantitative estimate of drug-likeness (QED) is 0.367. The van der Waals surface area contributed by atoms with E-state index in [1.54, 1.807) is 31.3 Å². The van der Waals surface area contributed by atoms with E-state index in [4.69, 9.17) is 0 Å². The largest absolute Gasteiger partial charge is 0.508 e. The van der Waals surface area contributed by atoms with E-state index in [0.717, 1.165) is 42.1 Å². The van der Waals surface area contributed by atoms with Gasteiger partial charge in [0.1, 0.15) is 11.8 Å². The van der Waals surface area contributed by atoms with E-state index in [1.807, 2.05) is 0 Å². The summed E-state index contributed by atoms with van der Waals surface area (Å²) in [6.45, 7) is 4.39. The van der Waals surface area contributed by atoms with Crippen molar-refractivity contribution in [3.63, 3.8) is 0 Å². The number of hydrogen-bond acceptors (Lipinski definition) is 4. The van der Waals surface area contributed by atoms with Gasteiger partial charge in [0.15, 0.2) is 0 Å². The average Bonchev–Trinajstić information content (AvgIpc) is 3.05. The minimum atomic E-state index is -0.624. The fraction of sp³-hybridized carbons (Fsp3) is 0.476. The maximum Gasteiger partial charge on any atom is 0.242 e. The number of carbonyl (C=O) groups is 3. The molecule has 5 N–H and O–H groups in total. The molecular formula is C21H30N4O4. The van der Waals surface area contributed by atoms with Crippen molar-refractivity contribution >= 4 is 28.6 Å². The zero-order valence-electron chi connectivity index (χ0n) is 17.0. The van der Waals surface area contributed by atoms with Gasteiger partial charge in [-0.05, 0) is 43.5 Å². The number of aromatic nitrogens is 1. The van der Waals surface area contributed by atoms with Gasteiger partial charge in [-0.1, -0.05) is 12.8 Å². The van der Waals surface area contributed by atoms with Gasteiger partial charge < -0.3 is 26.0 Å². The summed E-state index contributed by atoms with van der Waals surface area (Å²) in [5.41, 5.74) is 1.61. The highest BCUT2D eigenvalue weighted by Crippen LogP contribution is 2.23. The number of unbranched alkanes of at least 4 members (excludes halogenated alkanes) is 3. The fourth-order valence-electron chi connectivity index (χ4n) is 3.08. The first-order chi connectivity index (χ1) is 13.9. The zero-order chi connectivity index (χ0) is 21.2. The van der Waals surface area contributed by atoms with Crippen molar-refractivity contribution in [3.8, 4) is 5.75 Å². The molecule has 0 aliphatic heterocycles.